The van der Waals surface area contributed by atoms with Crippen molar-refractivity contribution in [1.82, 2.24) is 4.90 Å². The second kappa shape index (κ2) is 6.36. The Balaban J connectivity index is 2.90. The Hall–Kier alpha value is -1.84. The van der Waals surface area contributed by atoms with Crippen LogP contribution in [0.4, 0.5) is 0 Å². The molecule has 4 heteroatoms. The van der Waals surface area contributed by atoms with Gasteiger partial charge in [-0.05, 0) is 52.0 Å². The fraction of sp³-hybridized carbons (Fsp3) is 0.467. The highest BCUT2D eigenvalue weighted by molar-refractivity contribution is 5.94. The molecular formula is C15H21NO3. The average molecular weight is 263 g/mol. The summed E-state index contributed by atoms with van der Waals surface area (Å²) in [4.78, 5) is 25.0. The summed E-state index contributed by atoms with van der Waals surface area (Å²) in [6.07, 6.45) is 0. The van der Waals surface area contributed by atoms with E-state index in [2.05, 4.69) is 0 Å². The molecule has 0 fully saturated rings. The molecule has 1 aromatic carbocycles. The average Bonchev–Trinajstić information content (AvgIpc) is 2.27. The minimum atomic E-state index is -0.370. The Kier molecular flexibility index (Phi) is 5.10. The highest BCUT2D eigenvalue weighted by Crippen LogP contribution is 2.16. The minimum Gasteiger partial charge on any atom is -0.427 e. The summed E-state index contributed by atoms with van der Waals surface area (Å²) < 4.78 is 4.94. The second-order valence-electron chi connectivity index (χ2n) is 5.02. The van der Waals surface area contributed by atoms with Gasteiger partial charge in [-0.1, -0.05) is 0 Å². The van der Waals surface area contributed by atoms with E-state index in [0.29, 0.717) is 11.3 Å². The van der Waals surface area contributed by atoms with Gasteiger partial charge in [-0.15, -0.1) is 0 Å². The van der Waals surface area contributed by atoms with Gasteiger partial charge in [-0.2, -0.15) is 0 Å². The smallest absolute Gasteiger partial charge is 0.308 e. The number of amides is 1. The number of ether oxygens (including phenoxy) is 1. The van der Waals surface area contributed by atoms with Crippen molar-refractivity contribution in [2.45, 2.75) is 46.7 Å². The lowest BCUT2D eigenvalue weighted by Crippen LogP contribution is -2.42. The van der Waals surface area contributed by atoms with Gasteiger partial charge in [0.2, 0.25) is 0 Å². The second-order valence-corrected chi connectivity index (χ2v) is 5.02. The molecule has 0 radical (unpaired) electrons. The summed E-state index contributed by atoms with van der Waals surface area (Å²) in [5.41, 5.74) is 0.596. The van der Waals surface area contributed by atoms with Crippen LogP contribution in [-0.2, 0) is 4.79 Å². The van der Waals surface area contributed by atoms with Crippen molar-refractivity contribution in [3.8, 4) is 5.75 Å². The van der Waals surface area contributed by atoms with E-state index < -0.39 is 0 Å². The summed E-state index contributed by atoms with van der Waals surface area (Å²) in [6.45, 7) is 9.31. The van der Waals surface area contributed by atoms with Gasteiger partial charge in [0.05, 0.1) is 0 Å². The first kappa shape index (κ1) is 15.2. The van der Waals surface area contributed by atoms with Gasteiger partial charge < -0.3 is 9.64 Å². The maximum absolute atomic E-state index is 12.4. The van der Waals surface area contributed by atoms with E-state index in [9.17, 15) is 9.59 Å². The lowest BCUT2D eigenvalue weighted by Gasteiger charge is -2.30. The zero-order valence-corrected chi connectivity index (χ0v) is 12.1. The van der Waals surface area contributed by atoms with Crippen LogP contribution in [0.25, 0.3) is 0 Å². The molecule has 0 heterocycles. The van der Waals surface area contributed by atoms with E-state index in [0.717, 1.165) is 0 Å². The lowest BCUT2D eigenvalue weighted by atomic mass is 10.1. The third-order valence-electron chi connectivity index (χ3n) is 2.71. The first-order chi connectivity index (χ1) is 8.82. The SMILES string of the molecule is CC(=O)Oc1ccc(C(=O)N(C(C)C)C(C)C)cc1. The van der Waals surface area contributed by atoms with Gasteiger partial charge in [-0.25, -0.2) is 0 Å². The van der Waals surface area contributed by atoms with E-state index in [-0.39, 0.29) is 24.0 Å². The molecule has 104 valence electrons. The molecule has 0 aliphatic rings. The standard InChI is InChI=1S/C15H21NO3/c1-10(2)16(11(3)4)15(18)13-6-8-14(9-7-13)19-12(5)17/h6-11H,1-5H3. The monoisotopic (exact) mass is 263 g/mol. The third kappa shape index (κ3) is 4.09. The van der Waals surface area contributed by atoms with Crippen LogP contribution in [0.2, 0.25) is 0 Å². The van der Waals surface area contributed by atoms with Crippen LogP contribution in [-0.4, -0.2) is 28.9 Å². The van der Waals surface area contributed by atoms with Crippen LogP contribution in [0.15, 0.2) is 24.3 Å². The molecule has 0 aromatic heterocycles. The quantitative estimate of drug-likeness (QED) is 0.620. The molecule has 0 spiro atoms. The molecule has 0 unspecified atom stereocenters. The molecule has 0 aliphatic heterocycles. The van der Waals surface area contributed by atoms with Gasteiger partial charge in [-0.3, -0.25) is 9.59 Å². The van der Waals surface area contributed by atoms with Crippen LogP contribution < -0.4 is 4.74 Å². The zero-order valence-electron chi connectivity index (χ0n) is 12.1. The van der Waals surface area contributed by atoms with Crippen LogP contribution in [0.5, 0.6) is 5.75 Å². The van der Waals surface area contributed by atoms with Crippen LogP contribution in [0.3, 0.4) is 0 Å². The molecule has 1 aromatic rings. The zero-order chi connectivity index (χ0) is 14.6. The van der Waals surface area contributed by atoms with Gasteiger partial charge >= 0.3 is 5.97 Å². The number of hydrogen-bond donors (Lipinski definition) is 0. The van der Waals surface area contributed by atoms with Gasteiger partial charge in [0, 0.05) is 24.6 Å². The predicted octanol–water partition coefficient (Wildman–Crippen LogP) is 2.87. The number of benzene rings is 1. The normalized spacial score (nSPS) is 10.7. The van der Waals surface area contributed by atoms with Crippen LogP contribution >= 0.6 is 0 Å². The van der Waals surface area contributed by atoms with Gasteiger partial charge in [0.25, 0.3) is 5.91 Å². The summed E-state index contributed by atoms with van der Waals surface area (Å²) in [5.74, 6) is 0.0640. The molecule has 0 aliphatic carbocycles. The van der Waals surface area contributed by atoms with Crippen molar-refractivity contribution in [2.75, 3.05) is 0 Å². The largest absolute Gasteiger partial charge is 0.427 e. The van der Waals surface area contributed by atoms with Crippen molar-refractivity contribution in [2.24, 2.45) is 0 Å². The number of esters is 1. The number of rotatable bonds is 4. The van der Waals surface area contributed by atoms with Crippen LogP contribution in [0.1, 0.15) is 45.0 Å². The van der Waals surface area contributed by atoms with Crippen molar-refractivity contribution in [1.29, 1.82) is 0 Å². The highest BCUT2D eigenvalue weighted by atomic mass is 16.5. The fourth-order valence-corrected chi connectivity index (χ4v) is 2.05. The van der Waals surface area contributed by atoms with Gasteiger partial charge in [0.15, 0.2) is 0 Å². The van der Waals surface area contributed by atoms with E-state index >= 15 is 0 Å². The molecular weight excluding hydrogens is 242 g/mol. The molecule has 4 nitrogen and oxygen atoms in total. The number of carbonyl (C=O) groups excluding carboxylic acids is 2. The molecule has 0 atom stereocenters. The highest BCUT2D eigenvalue weighted by Gasteiger charge is 2.21. The summed E-state index contributed by atoms with van der Waals surface area (Å²) >= 11 is 0. The van der Waals surface area contributed by atoms with Crippen LogP contribution in [0, 0.1) is 0 Å². The lowest BCUT2D eigenvalue weighted by molar-refractivity contribution is -0.131. The van der Waals surface area contributed by atoms with E-state index in [1.165, 1.54) is 6.92 Å². The van der Waals surface area contributed by atoms with E-state index in [1.807, 2.05) is 32.6 Å². The Bertz CT molecular complexity index is 441. The Labute approximate surface area is 114 Å². The maximum atomic E-state index is 12.4. The first-order valence-corrected chi connectivity index (χ1v) is 6.44. The van der Waals surface area contributed by atoms with Crippen molar-refractivity contribution in [3.63, 3.8) is 0 Å². The summed E-state index contributed by atoms with van der Waals surface area (Å²) in [5, 5.41) is 0. The molecule has 0 saturated carbocycles. The molecule has 0 saturated heterocycles. The van der Waals surface area contributed by atoms with E-state index in [1.54, 1.807) is 24.3 Å². The molecule has 1 amide bonds. The van der Waals surface area contributed by atoms with Crippen molar-refractivity contribution in [3.05, 3.63) is 29.8 Å². The molecule has 0 N–H and O–H groups in total. The predicted molar refractivity (Wildman–Crippen MR) is 74.2 cm³/mol. The maximum Gasteiger partial charge on any atom is 0.308 e. The Morgan fingerprint density at radius 1 is 1.00 bits per heavy atom. The minimum absolute atomic E-state index is 0.0145. The number of hydrogen-bond acceptors (Lipinski definition) is 3. The summed E-state index contributed by atoms with van der Waals surface area (Å²) in [7, 11) is 0. The topological polar surface area (TPSA) is 46.6 Å². The Morgan fingerprint density at radius 2 is 1.47 bits per heavy atom. The fourth-order valence-electron chi connectivity index (χ4n) is 2.05. The third-order valence-corrected chi connectivity index (χ3v) is 2.71. The number of nitrogens with zero attached hydrogens (tertiary/aromatic N) is 1. The number of carbonyl (C=O) groups is 2. The molecule has 1 rings (SSSR count). The van der Waals surface area contributed by atoms with E-state index in [4.69, 9.17) is 4.74 Å². The molecule has 0 bridgehead atoms. The van der Waals surface area contributed by atoms with Gasteiger partial charge in [0.1, 0.15) is 5.75 Å². The van der Waals surface area contributed by atoms with Crippen molar-refractivity contribution < 1.29 is 14.3 Å². The summed E-state index contributed by atoms with van der Waals surface area (Å²) in [6, 6.07) is 6.90. The molecule has 19 heavy (non-hydrogen) atoms. The first-order valence-electron chi connectivity index (χ1n) is 6.44. The Morgan fingerprint density at radius 3 is 1.84 bits per heavy atom. The van der Waals surface area contributed by atoms with Crippen molar-refractivity contribution >= 4 is 11.9 Å².